The number of carbonyl (C=O) groups is 2. The molecule has 0 aromatic heterocycles. The third-order valence-electron chi connectivity index (χ3n) is 5.36. The number of aliphatic carboxylic acids is 1. The quantitative estimate of drug-likeness (QED) is 0.257. The van der Waals surface area contributed by atoms with Gasteiger partial charge in [0.05, 0.1) is 18.6 Å². The third-order valence-corrected chi connectivity index (χ3v) is 6.02. The van der Waals surface area contributed by atoms with Crippen molar-refractivity contribution in [3.63, 3.8) is 0 Å². The van der Waals surface area contributed by atoms with Crippen LogP contribution in [0.15, 0.2) is 0 Å². The average Bonchev–Trinajstić information content (AvgIpc) is 2.70. The molecule has 0 radical (unpaired) electrons. The zero-order valence-electron chi connectivity index (χ0n) is 18.9. The summed E-state index contributed by atoms with van der Waals surface area (Å²) in [5.74, 6) is -1.02. The maximum atomic E-state index is 11.8. The van der Waals surface area contributed by atoms with Gasteiger partial charge in [-0.25, -0.2) is 0 Å². The van der Waals surface area contributed by atoms with Crippen molar-refractivity contribution in [2.24, 2.45) is 0 Å². The van der Waals surface area contributed by atoms with Crippen molar-refractivity contribution in [2.75, 3.05) is 18.6 Å². The number of quaternary nitrogens is 1. The molecule has 0 fully saturated rings. The SMILES string of the molecule is CSCC(NC(=O)CCCCCCCCCCCCCCCCCC[NH3+])C(=O)[O-]. The molecule has 29 heavy (non-hydrogen) atoms. The van der Waals surface area contributed by atoms with Crippen LogP contribution in [0.5, 0.6) is 0 Å². The summed E-state index contributed by atoms with van der Waals surface area (Å²) < 4.78 is 0. The van der Waals surface area contributed by atoms with Crippen LogP contribution in [0.25, 0.3) is 0 Å². The third kappa shape index (κ3) is 20.3. The average molecular weight is 431 g/mol. The van der Waals surface area contributed by atoms with Gasteiger partial charge >= 0.3 is 0 Å². The van der Waals surface area contributed by atoms with Gasteiger partial charge in [-0.2, -0.15) is 11.8 Å². The van der Waals surface area contributed by atoms with Crippen LogP contribution >= 0.6 is 11.8 Å². The molecule has 4 N–H and O–H groups in total. The Bertz CT molecular complexity index is 394. The molecule has 5 nitrogen and oxygen atoms in total. The number of unbranched alkanes of at least 4 members (excludes halogenated alkanes) is 15. The van der Waals surface area contributed by atoms with Crippen molar-refractivity contribution in [1.82, 2.24) is 5.32 Å². The monoisotopic (exact) mass is 430 g/mol. The Hall–Kier alpha value is -0.750. The summed E-state index contributed by atoms with van der Waals surface area (Å²) in [6.45, 7) is 1.09. The van der Waals surface area contributed by atoms with Crippen LogP contribution in [-0.4, -0.2) is 36.5 Å². The summed E-state index contributed by atoms with van der Waals surface area (Å²) in [6.07, 6.45) is 22.9. The van der Waals surface area contributed by atoms with Gasteiger partial charge in [-0.3, -0.25) is 4.79 Å². The number of carbonyl (C=O) groups excluding carboxylic acids is 2. The zero-order valence-corrected chi connectivity index (χ0v) is 19.7. The van der Waals surface area contributed by atoms with Crippen molar-refractivity contribution in [3.8, 4) is 0 Å². The maximum Gasteiger partial charge on any atom is 0.220 e. The minimum absolute atomic E-state index is 0.175. The van der Waals surface area contributed by atoms with Crippen LogP contribution in [0, 0.1) is 0 Å². The lowest BCUT2D eigenvalue weighted by atomic mass is 10.0. The van der Waals surface area contributed by atoms with Crippen molar-refractivity contribution >= 4 is 23.6 Å². The molecule has 1 amide bonds. The Morgan fingerprint density at radius 2 is 1.14 bits per heavy atom. The fourth-order valence-electron chi connectivity index (χ4n) is 3.54. The molecule has 172 valence electrons. The second-order valence-electron chi connectivity index (χ2n) is 8.15. The van der Waals surface area contributed by atoms with Gasteiger partial charge in [0, 0.05) is 12.2 Å². The number of hydrogen-bond acceptors (Lipinski definition) is 4. The first-order valence-corrected chi connectivity index (χ1v) is 13.3. The largest absolute Gasteiger partial charge is 0.548 e. The molecule has 0 heterocycles. The topological polar surface area (TPSA) is 96.9 Å². The van der Waals surface area contributed by atoms with Crippen molar-refractivity contribution in [1.29, 1.82) is 0 Å². The maximum absolute atomic E-state index is 11.8. The van der Waals surface area contributed by atoms with E-state index in [2.05, 4.69) is 11.1 Å². The molecule has 0 bridgehead atoms. The van der Waals surface area contributed by atoms with E-state index in [-0.39, 0.29) is 5.91 Å². The lowest BCUT2D eigenvalue weighted by molar-refractivity contribution is -0.368. The van der Waals surface area contributed by atoms with Crippen molar-refractivity contribution in [2.45, 2.75) is 115 Å². The van der Waals surface area contributed by atoms with Crippen molar-refractivity contribution < 1.29 is 20.4 Å². The van der Waals surface area contributed by atoms with Gasteiger partial charge in [0.2, 0.25) is 5.91 Å². The van der Waals surface area contributed by atoms with Gasteiger partial charge in [-0.15, -0.1) is 0 Å². The van der Waals surface area contributed by atoms with Crippen LogP contribution in [0.4, 0.5) is 0 Å². The van der Waals surface area contributed by atoms with Crippen molar-refractivity contribution in [3.05, 3.63) is 0 Å². The van der Waals surface area contributed by atoms with Crippen LogP contribution in [-0.2, 0) is 9.59 Å². The number of carboxylic acid groups (broad SMARTS) is 1. The number of nitrogens with one attached hydrogen (secondary N) is 1. The first-order valence-electron chi connectivity index (χ1n) is 11.9. The van der Waals surface area contributed by atoms with E-state index in [4.69, 9.17) is 0 Å². The fourth-order valence-corrected chi connectivity index (χ4v) is 4.09. The summed E-state index contributed by atoms with van der Waals surface area (Å²) in [5.41, 5.74) is 3.88. The second kappa shape index (κ2) is 21.9. The molecule has 0 aliphatic carbocycles. The summed E-state index contributed by atoms with van der Waals surface area (Å²) in [6, 6.07) is -0.874. The molecule has 0 aromatic rings. The Morgan fingerprint density at radius 1 is 0.759 bits per heavy atom. The lowest BCUT2D eigenvalue weighted by Gasteiger charge is -2.18. The molecule has 1 unspecified atom stereocenters. The lowest BCUT2D eigenvalue weighted by Crippen LogP contribution is -2.50. The Balaban J connectivity index is 3.29. The highest BCUT2D eigenvalue weighted by Gasteiger charge is 2.12. The molecular formula is C23H46N2O3S. The Labute approximate surface area is 183 Å². The van der Waals surface area contributed by atoms with E-state index >= 15 is 0 Å². The van der Waals surface area contributed by atoms with Gasteiger partial charge in [-0.1, -0.05) is 83.5 Å². The molecule has 0 aliphatic rings. The van der Waals surface area contributed by atoms with Crippen LogP contribution in [0.3, 0.4) is 0 Å². The smallest absolute Gasteiger partial charge is 0.220 e. The fraction of sp³-hybridized carbons (Fsp3) is 0.913. The summed E-state index contributed by atoms with van der Waals surface area (Å²) in [7, 11) is 0. The Morgan fingerprint density at radius 3 is 1.48 bits per heavy atom. The van der Waals surface area contributed by atoms with E-state index in [1.54, 1.807) is 0 Å². The first-order chi connectivity index (χ1) is 14.1. The number of rotatable bonds is 22. The molecule has 1 atom stereocenters. The molecular weight excluding hydrogens is 384 g/mol. The number of thioether (sulfide) groups is 1. The minimum Gasteiger partial charge on any atom is -0.548 e. The van der Waals surface area contributed by atoms with Crippen LogP contribution in [0.1, 0.15) is 109 Å². The van der Waals surface area contributed by atoms with Gasteiger partial charge in [0.15, 0.2) is 0 Å². The molecule has 0 spiro atoms. The highest BCUT2D eigenvalue weighted by atomic mass is 32.2. The van der Waals surface area contributed by atoms with E-state index in [9.17, 15) is 14.7 Å². The predicted molar refractivity (Wildman–Crippen MR) is 122 cm³/mol. The summed E-state index contributed by atoms with van der Waals surface area (Å²) in [5, 5.41) is 13.5. The van der Waals surface area contributed by atoms with Crippen LogP contribution in [0.2, 0.25) is 0 Å². The first kappa shape index (κ1) is 28.2. The van der Waals surface area contributed by atoms with E-state index in [1.165, 1.54) is 95.2 Å². The van der Waals surface area contributed by atoms with Gasteiger partial charge in [-0.05, 0) is 25.5 Å². The van der Waals surface area contributed by atoms with Gasteiger partial charge in [0.25, 0.3) is 0 Å². The zero-order chi connectivity index (χ0) is 21.6. The number of amides is 1. The van der Waals surface area contributed by atoms with Gasteiger partial charge < -0.3 is 21.0 Å². The molecule has 0 rings (SSSR count). The minimum atomic E-state index is -1.20. The molecule has 0 aliphatic heterocycles. The van der Waals surface area contributed by atoms with E-state index in [0.717, 1.165) is 25.8 Å². The molecule has 6 heteroatoms. The highest BCUT2D eigenvalue weighted by molar-refractivity contribution is 7.98. The predicted octanol–water partition coefficient (Wildman–Crippen LogP) is 3.46. The highest BCUT2D eigenvalue weighted by Crippen LogP contribution is 2.14. The normalized spacial score (nSPS) is 12.1. The van der Waals surface area contributed by atoms with Gasteiger partial charge in [0.1, 0.15) is 0 Å². The Kier molecular flexibility index (Phi) is 21.4. The van der Waals surface area contributed by atoms with E-state index < -0.39 is 12.0 Å². The molecule has 0 saturated heterocycles. The standard InChI is InChI=1S/C23H46N2O3S/c1-29-20-21(23(27)28)25-22(26)18-16-14-12-10-8-6-4-2-3-5-7-9-11-13-15-17-19-24/h21H,2-20,24H2,1H3,(H,25,26)(H,27,28). The number of carboxylic acids is 1. The summed E-state index contributed by atoms with van der Waals surface area (Å²) >= 11 is 1.39. The summed E-state index contributed by atoms with van der Waals surface area (Å²) in [4.78, 5) is 22.7. The van der Waals surface area contributed by atoms with Crippen LogP contribution < -0.4 is 16.2 Å². The van der Waals surface area contributed by atoms with E-state index in [1.807, 2.05) is 6.26 Å². The number of hydrogen-bond donors (Lipinski definition) is 2. The molecule has 0 aromatic carbocycles. The van der Waals surface area contributed by atoms with E-state index in [0.29, 0.717) is 12.2 Å². The second-order valence-corrected chi connectivity index (χ2v) is 9.07. The molecule has 0 saturated carbocycles.